The van der Waals surface area contributed by atoms with Gasteiger partial charge in [0.15, 0.2) is 0 Å². The molecule has 0 radical (unpaired) electrons. The largest absolute Gasteiger partial charge is 0.444 e. The Kier molecular flexibility index (Phi) is 4.00. The van der Waals surface area contributed by atoms with Gasteiger partial charge in [0.2, 0.25) is 0 Å². The number of fused-ring (bicyclic) bond motifs is 1. The topological polar surface area (TPSA) is 51.2 Å². The van der Waals surface area contributed by atoms with E-state index >= 15 is 0 Å². The van der Waals surface area contributed by atoms with Crippen LogP contribution in [0.2, 0.25) is 0 Å². The summed E-state index contributed by atoms with van der Waals surface area (Å²) < 4.78 is 43.7. The highest BCUT2D eigenvalue weighted by Gasteiger charge is 2.33. The third-order valence-electron chi connectivity index (χ3n) is 2.66. The fourth-order valence-electron chi connectivity index (χ4n) is 1.88. The van der Waals surface area contributed by atoms with Crippen LogP contribution in [0.1, 0.15) is 26.3 Å². The molecule has 0 aliphatic rings. The molecule has 1 amide bonds. The van der Waals surface area contributed by atoms with Gasteiger partial charge in [-0.2, -0.15) is 13.2 Å². The zero-order chi connectivity index (χ0) is 16.5. The van der Waals surface area contributed by atoms with E-state index in [1.807, 2.05) is 0 Å². The molecule has 4 nitrogen and oxygen atoms in total. The Labute approximate surface area is 125 Å². The summed E-state index contributed by atoms with van der Waals surface area (Å²) in [5.74, 6) is 0. The monoisotopic (exact) mass is 312 g/mol. The summed E-state index contributed by atoms with van der Waals surface area (Å²) in [6, 6.07) is 5.18. The third-order valence-corrected chi connectivity index (χ3v) is 2.66. The van der Waals surface area contributed by atoms with Gasteiger partial charge in [-0.3, -0.25) is 10.3 Å². The maximum absolute atomic E-state index is 12.9. The number of para-hydroxylation sites is 1. The molecule has 0 spiro atoms. The Morgan fingerprint density at radius 1 is 1.23 bits per heavy atom. The van der Waals surface area contributed by atoms with Crippen molar-refractivity contribution in [2.24, 2.45) is 0 Å². The molecule has 1 heterocycles. The van der Waals surface area contributed by atoms with Gasteiger partial charge >= 0.3 is 12.3 Å². The van der Waals surface area contributed by atoms with Crippen LogP contribution < -0.4 is 5.32 Å². The number of amides is 1. The Hall–Kier alpha value is -2.31. The van der Waals surface area contributed by atoms with Crippen LogP contribution in [-0.4, -0.2) is 16.7 Å². The summed E-state index contributed by atoms with van der Waals surface area (Å²) in [5.41, 5.74) is -1.38. The van der Waals surface area contributed by atoms with Crippen molar-refractivity contribution in [2.75, 3.05) is 5.32 Å². The predicted molar refractivity (Wildman–Crippen MR) is 76.6 cm³/mol. The van der Waals surface area contributed by atoms with Crippen LogP contribution in [0, 0.1) is 0 Å². The van der Waals surface area contributed by atoms with Crippen LogP contribution in [0.5, 0.6) is 0 Å². The molecule has 7 heteroatoms. The lowest BCUT2D eigenvalue weighted by Gasteiger charge is -2.19. The van der Waals surface area contributed by atoms with Crippen molar-refractivity contribution in [1.29, 1.82) is 0 Å². The summed E-state index contributed by atoms with van der Waals surface area (Å²) in [7, 11) is 0. The van der Waals surface area contributed by atoms with E-state index < -0.39 is 23.4 Å². The van der Waals surface area contributed by atoms with Crippen LogP contribution in [0.4, 0.5) is 23.7 Å². The summed E-state index contributed by atoms with van der Waals surface area (Å²) in [4.78, 5) is 15.5. The molecule has 0 saturated carbocycles. The molecule has 118 valence electrons. The number of ether oxygens (including phenoxy) is 1. The number of alkyl halides is 3. The Balaban J connectivity index is 2.31. The number of hydrogen-bond acceptors (Lipinski definition) is 3. The second-order valence-electron chi connectivity index (χ2n) is 5.73. The summed E-state index contributed by atoms with van der Waals surface area (Å²) in [6.07, 6.45) is -4.01. The average Bonchev–Trinajstić information content (AvgIpc) is 2.34. The van der Waals surface area contributed by atoms with Crippen molar-refractivity contribution in [3.8, 4) is 0 Å². The highest BCUT2D eigenvalue weighted by atomic mass is 19.4. The number of pyridine rings is 1. The van der Waals surface area contributed by atoms with Gasteiger partial charge < -0.3 is 4.74 Å². The predicted octanol–water partition coefficient (Wildman–Crippen LogP) is 4.60. The number of benzene rings is 1. The van der Waals surface area contributed by atoms with E-state index in [0.29, 0.717) is 0 Å². The molecule has 22 heavy (non-hydrogen) atoms. The maximum Gasteiger partial charge on any atom is 0.418 e. The molecular weight excluding hydrogens is 297 g/mol. The van der Waals surface area contributed by atoms with Gasteiger partial charge in [-0.1, -0.05) is 12.1 Å². The lowest BCUT2D eigenvalue weighted by Crippen LogP contribution is -2.27. The summed E-state index contributed by atoms with van der Waals surface area (Å²) >= 11 is 0. The molecular formula is C15H15F3N2O2. The Morgan fingerprint density at radius 2 is 1.91 bits per heavy atom. The van der Waals surface area contributed by atoms with Gasteiger partial charge in [-0.05, 0) is 32.9 Å². The van der Waals surface area contributed by atoms with Gasteiger partial charge in [-0.25, -0.2) is 4.79 Å². The van der Waals surface area contributed by atoms with Crippen LogP contribution in [0.25, 0.3) is 10.9 Å². The fourth-order valence-corrected chi connectivity index (χ4v) is 1.88. The van der Waals surface area contributed by atoms with Crippen LogP contribution in [0.3, 0.4) is 0 Å². The van der Waals surface area contributed by atoms with Crippen molar-refractivity contribution in [3.63, 3.8) is 0 Å². The summed E-state index contributed by atoms with van der Waals surface area (Å²) in [5, 5.41) is 2.72. The lowest BCUT2D eigenvalue weighted by molar-refractivity contribution is -0.136. The SMILES string of the molecule is CC(C)(C)OC(=O)Nc1cnc2c(C(F)(F)F)cccc2c1. The van der Waals surface area contributed by atoms with Crippen LogP contribution in [-0.2, 0) is 10.9 Å². The van der Waals surface area contributed by atoms with Crippen molar-refractivity contribution in [3.05, 3.63) is 36.0 Å². The van der Waals surface area contributed by atoms with Crippen molar-refractivity contribution in [2.45, 2.75) is 32.5 Å². The molecule has 2 aromatic rings. The van der Waals surface area contributed by atoms with Crippen molar-refractivity contribution >= 4 is 22.7 Å². The minimum atomic E-state index is -4.48. The van der Waals surface area contributed by atoms with E-state index in [1.165, 1.54) is 24.4 Å². The van der Waals surface area contributed by atoms with Crippen molar-refractivity contribution in [1.82, 2.24) is 4.98 Å². The number of aromatic nitrogens is 1. The first-order valence-electron chi connectivity index (χ1n) is 6.52. The normalized spacial score (nSPS) is 12.3. The molecule has 0 aliphatic carbocycles. The third kappa shape index (κ3) is 3.87. The fraction of sp³-hybridized carbons (Fsp3) is 0.333. The smallest absolute Gasteiger partial charge is 0.418 e. The first-order valence-corrected chi connectivity index (χ1v) is 6.52. The summed E-state index contributed by atoms with van der Waals surface area (Å²) in [6.45, 7) is 5.13. The first-order chi connectivity index (χ1) is 10.1. The van der Waals surface area contributed by atoms with Gasteiger partial charge in [0.25, 0.3) is 0 Å². The molecule has 0 aliphatic heterocycles. The molecule has 1 aromatic carbocycles. The van der Waals surface area contributed by atoms with E-state index in [9.17, 15) is 18.0 Å². The van der Waals surface area contributed by atoms with Gasteiger partial charge in [0, 0.05) is 5.39 Å². The lowest BCUT2D eigenvalue weighted by atomic mass is 10.1. The minimum absolute atomic E-state index is 0.162. The average molecular weight is 312 g/mol. The Morgan fingerprint density at radius 3 is 2.50 bits per heavy atom. The van der Waals surface area contributed by atoms with E-state index in [2.05, 4.69) is 10.3 Å². The molecule has 1 aromatic heterocycles. The van der Waals surface area contributed by atoms with Crippen LogP contribution in [0.15, 0.2) is 30.5 Å². The number of halogens is 3. The number of carbonyl (C=O) groups is 1. The molecule has 1 N–H and O–H groups in total. The second kappa shape index (κ2) is 5.47. The van der Waals surface area contributed by atoms with E-state index in [4.69, 9.17) is 4.74 Å². The van der Waals surface area contributed by atoms with E-state index in [-0.39, 0.29) is 16.6 Å². The molecule has 0 fully saturated rings. The minimum Gasteiger partial charge on any atom is -0.444 e. The maximum atomic E-state index is 12.9. The highest BCUT2D eigenvalue weighted by molar-refractivity contribution is 5.90. The first kappa shape index (κ1) is 16.1. The molecule has 0 unspecified atom stereocenters. The molecule has 0 bridgehead atoms. The second-order valence-corrected chi connectivity index (χ2v) is 5.73. The van der Waals surface area contributed by atoms with Gasteiger partial charge in [-0.15, -0.1) is 0 Å². The zero-order valence-electron chi connectivity index (χ0n) is 12.3. The van der Waals surface area contributed by atoms with Gasteiger partial charge in [0.05, 0.1) is 23.0 Å². The number of rotatable bonds is 1. The molecule has 2 rings (SSSR count). The Bertz CT molecular complexity index is 706. The molecule has 0 saturated heterocycles. The zero-order valence-corrected chi connectivity index (χ0v) is 12.3. The van der Waals surface area contributed by atoms with E-state index in [1.54, 1.807) is 20.8 Å². The standard InChI is InChI=1S/C15H15F3N2O2/c1-14(2,3)22-13(21)20-10-7-9-5-4-6-11(15(16,17)18)12(9)19-8-10/h4-8H,1-3H3,(H,20,21). The number of nitrogens with one attached hydrogen (secondary N) is 1. The number of anilines is 1. The van der Waals surface area contributed by atoms with E-state index in [0.717, 1.165) is 6.07 Å². The number of hydrogen-bond donors (Lipinski definition) is 1. The van der Waals surface area contributed by atoms with Crippen LogP contribution >= 0.6 is 0 Å². The molecule has 0 atom stereocenters. The van der Waals surface area contributed by atoms with Crippen molar-refractivity contribution < 1.29 is 22.7 Å². The number of carbonyl (C=O) groups excluding carboxylic acids is 1. The van der Waals surface area contributed by atoms with Gasteiger partial charge in [0.1, 0.15) is 5.60 Å². The number of nitrogens with zero attached hydrogens (tertiary/aromatic N) is 1. The highest BCUT2D eigenvalue weighted by Crippen LogP contribution is 2.34. The quantitative estimate of drug-likeness (QED) is 0.837.